The van der Waals surface area contributed by atoms with Gasteiger partial charge in [0.1, 0.15) is 6.26 Å². The monoisotopic (exact) mass is 412 g/mol. The van der Waals surface area contributed by atoms with Crippen molar-refractivity contribution >= 4 is 5.91 Å². The predicted molar refractivity (Wildman–Crippen MR) is 105 cm³/mol. The fourth-order valence-electron chi connectivity index (χ4n) is 4.17. The van der Waals surface area contributed by atoms with Crippen molar-refractivity contribution < 1.29 is 18.5 Å². The minimum Gasteiger partial charge on any atom is -0.472 e. The summed E-state index contributed by atoms with van der Waals surface area (Å²) in [7, 11) is 0. The van der Waals surface area contributed by atoms with Crippen LogP contribution in [0.2, 0.25) is 0 Å². The van der Waals surface area contributed by atoms with E-state index in [1.165, 1.54) is 0 Å². The zero-order valence-electron chi connectivity index (χ0n) is 16.6. The van der Waals surface area contributed by atoms with E-state index in [1.807, 2.05) is 4.90 Å². The van der Waals surface area contributed by atoms with Crippen LogP contribution in [0.5, 0.6) is 0 Å². The molecule has 2 aliphatic heterocycles. The molecule has 0 saturated carbocycles. The molecule has 158 valence electrons. The van der Waals surface area contributed by atoms with Gasteiger partial charge in [0.15, 0.2) is 0 Å². The highest BCUT2D eigenvalue weighted by Crippen LogP contribution is 2.29. The van der Waals surface area contributed by atoms with Gasteiger partial charge in [-0.3, -0.25) is 14.8 Å². The molecule has 5 heterocycles. The van der Waals surface area contributed by atoms with E-state index in [2.05, 4.69) is 25.2 Å². The quantitative estimate of drug-likeness (QED) is 0.676. The van der Waals surface area contributed by atoms with Gasteiger partial charge in [0.25, 0.3) is 5.91 Å². The summed E-state index contributed by atoms with van der Waals surface area (Å²) in [5, 5.41) is 11.3. The highest BCUT2D eigenvalue weighted by Gasteiger charge is 2.30. The molecule has 0 radical (unpaired) electrons. The van der Waals surface area contributed by atoms with Gasteiger partial charge in [-0.2, -0.15) is 10.1 Å². The molecule has 0 spiro atoms. The number of hydrogen-bond donors (Lipinski definition) is 1. The SMILES string of the molecule is O=C(c1cn[nH]c1[C@H]1CCCN(Cc2nc(-c3ccoc3)no2)C1)N1CCOCC1. The van der Waals surface area contributed by atoms with Crippen LogP contribution in [0.4, 0.5) is 0 Å². The molecule has 2 saturated heterocycles. The normalized spacial score (nSPS) is 20.5. The van der Waals surface area contributed by atoms with Crippen molar-refractivity contribution in [1.29, 1.82) is 0 Å². The molecule has 1 N–H and O–H groups in total. The first-order chi connectivity index (χ1) is 14.8. The number of carbonyl (C=O) groups is 1. The third-order valence-corrected chi connectivity index (χ3v) is 5.72. The van der Waals surface area contributed by atoms with E-state index < -0.39 is 0 Å². The summed E-state index contributed by atoms with van der Waals surface area (Å²) in [6.07, 6.45) is 6.86. The lowest BCUT2D eigenvalue weighted by molar-refractivity contribution is 0.0301. The minimum absolute atomic E-state index is 0.0285. The summed E-state index contributed by atoms with van der Waals surface area (Å²) in [5.41, 5.74) is 2.38. The Bertz CT molecular complexity index is 975. The lowest BCUT2D eigenvalue weighted by atomic mass is 9.92. The Kier molecular flexibility index (Phi) is 5.33. The Morgan fingerprint density at radius 1 is 1.27 bits per heavy atom. The summed E-state index contributed by atoms with van der Waals surface area (Å²) in [5.74, 6) is 1.33. The van der Waals surface area contributed by atoms with Crippen LogP contribution in [0.15, 0.2) is 33.7 Å². The van der Waals surface area contributed by atoms with Gasteiger partial charge in [-0.25, -0.2) is 0 Å². The summed E-state index contributed by atoms with van der Waals surface area (Å²) in [4.78, 5) is 21.6. The number of aromatic amines is 1. The van der Waals surface area contributed by atoms with Crippen LogP contribution in [0.3, 0.4) is 0 Å². The second-order valence-electron chi connectivity index (χ2n) is 7.70. The molecule has 1 amide bonds. The molecule has 3 aromatic rings. The Labute approximate surface area is 173 Å². The molecule has 0 unspecified atom stereocenters. The van der Waals surface area contributed by atoms with Crippen molar-refractivity contribution in [2.75, 3.05) is 39.4 Å². The average molecular weight is 412 g/mol. The van der Waals surface area contributed by atoms with E-state index >= 15 is 0 Å². The van der Waals surface area contributed by atoms with Crippen molar-refractivity contribution in [3.8, 4) is 11.4 Å². The third-order valence-electron chi connectivity index (χ3n) is 5.72. The molecule has 10 heteroatoms. The van der Waals surface area contributed by atoms with Gasteiger partial charge in [-0.15, -0.1) is 0 Å². The summed E-state index contributed by atoms with van der Waals surface area (Å²) >= 11 is 0. The number of aromatic nitrogens is 4. The number of rotatable bonds is 5. The number of furan rings is 1. The highest BCUT2D eigenvalue weighted by atomic mass is 16.5. The molecule has 3 aromatic heterocycles. The zero-order chi connectivity index (χ0) is 20.3. The summed E-state index contributed by atoms with van der Waals surface area (Å²) in [6, 6.07) is 1.80. The third kappa shape index (κ3) is 3.88. The van der Waals surface area contributed by atoms with Gasteiger partial charge in [0.2, 0.25) is 11.7 Å². The zero-order valence-corrected chi connectivity index (χ0v) is 16.6. The maximum absolute atomic E-state index is 13.0. The molecule has 2 fully saturated rings. The smallest absolute Gasteiger partial charge is 0.257 e. The molecular weight excluding hydrogens is 388 g/mol. The van der Waals surface area contributed by atoms with Crippen molar-refractivity contribution in [3.63, 3.8) is 0 Å². The van der Waals surface area contributed by atoms with Crippen LogP contribution in [0, 0.1) is 0 Å². The molecule has 2 aliphatic rings. The van der Waals surface area contributed by atoms with Crippen molar-refractivity contribution in [2.45, 2.75) is 25.3 Å². The average Bonchev–Trinajstić information content (AvgIpc) is 3.55. The van der Waals surface area contributed by atoms with Crippen LogP contribution in [0.1, 0.15) is 40.7 Å². The largest absolute Gasteiger partial charge is 0.472 e. The van der Waals surface area contributed by atoms with E-state index in [9.17, 15) is 4.79 Å². The molecule has 10 nitrogen and oxygen atoms in total. The number of nitrogens with one attached hydrogen (secondary N) is 1. The van der Waals surface area contributed by atoms with Gasteiger partial charge in [0.05, 0.1) is 49.0 Å². The Balaban J connectivity index is 1.26. The topological polar surface area (TPSA) is 114 Å². The van der Waals surface area contributed by atoms with Crippen LogP contribution >= 0.6 is 0 Å². The Hall–Kier alpha value is -2.98. The number of piperidine rings is 1. The van der Waals surface area contributed by atoms with E-state index in [0.717, 1.165) is 37.2 Å². The van der Waals surface area contributed by atoms with Gasteiger partial charge in [-0.05, 0) is 25.5 Å². The van der Waals surface area contributed by atoms with Crippen LogP contribution < -0.4 is 0 Å². The number of hydrogen-bond acceptors (Lipinski definition) is 8. The number of ether oxygens (including phenoxy) is 1. The molecule has 0 aliphatic carbocycles. The van der Waals surface area contributed by atoms with Crippen molar-refractivity contribution in [1.82, 2.24) is 30.1 Å². The van der Waals surface area contributed by atoms with Crippen LogP contribution in [0.25, 0.3) is 11.4 Å². The van der Waals surface area contributed by atoms with Crippen molar-refractivity contribution in [3.05, 3.63) is 41.9 Å². The first-order valence-corrected chi connectivity index (χ1v) is 10.3. The first kappa shape index (κ1) is 19.0. The minimum atomic E-state index is 0.0285. The summed E-state index contributed by atoms with van der Waals surface area (Å²) < 4.78 is 15.9. The first-order valence-electron chi connectivity index (χ1n) is 10.3. The van der Waals surface area contributed by atoms with E-state index in [0.29, 0.717) is 50.1 Å². The number of amides is 1. The van der Waals surface area contributed by atoms with Gasteiger partial charge >= 0.3 is 0 Å². The number of morpholine rings is 1. The second kappa shape index (κ2) is 8.41. The van der Waals surface area contributed by atoms with E-state index in [4.69, 9.17) is 13.7 Å². The number of H-pyrrole nitrogens is 1. The molecule has 1 atom stereocenters. The standard InChI is InChI=1S/C20H24N6O4/c27-20(26-5-8-28-9-6-26)16-10-21-23-18(16)14-2-1-4-25(11-14)12-17-22-19(24-30-17)15-3-7-29-13-15/h3,7,10,13-14H,1-2,4-6,8-9,11-12H2,(H,21,23)/t14-/m0/s1. The van der Waals surface area contributed by atoms with Crippen LogP contribution in [-0.4, -0.2) is 75.4 Å². The summed E-state index contributed by atoms with van der Waals surface area (Å²) in [6.45, 7) is 4.73. The highest BCUT2D eigenvalue weighted by molar-refractivity contribution is 5.95. The van der Waals surface area contributed by atoms with Gasteiger partial charge in [-0.1, -0.05) is 5.16 Å². The van der Waals surface area contributed by atoms with Gasteiger partial charge < -0.3 is 18.6 Å². The number of carbonyl (C=O) groups excluding carboxylic acids is 1. The maximum atomic E-state index is 13.0. The van der Waals surface area contributed by atoms with Crippen LogP contribution in [-0.2, 0) is 11.3 Å². The lowest BCUT2D eigenvalue weighted by Gasteiger charge is -2.32. The Morgan fingerprint density at radius 3 is 3.00 bits per heavy atom. The van der Waals surface area contributed by atoms with E-state index in [-0.39, 0.29) is 11.8 Å². The fraction of sp³-hybridized carbons (Fsp3) is 0.500. The second-order valence-corrected chi connectivity index (χ2v) is 7.70. The molecule has 5 rings (SSSR count). The maximum Gasteiger partial charge on any atom is 0.257 e. The molecule has 0 aromatic carbocycles. The van der Waals surface area contributed by atoms with Crippen molar-refractivity contribution in [2.24, 2.45) is 0 Å². The lowest BCUT2D eigenvalue weighted by Crippen LogP contribution is -2.41. The molecule has 30 heavy (non-hydrogen) atoms. The molecular formula is C20H24N6O4. The fourth-order valence-corrected chi connectivity index (χ4v) is 4.17. The Morgan fingerprint density at radius 2 is 2.17 bits per heavy atom. The van der Waals surface area contributed by atoms with E-state index in [1.54, 1.807) is 24.8 Å². The number of likely N-dealkylation sites (tertiary alicyclic amines) is 1. The number of nitrogens with zero attached hydrogens (tertiary/aromatic N) is 5. The predicted octanol–water partition coefficient (Wildman–Crippen LogP) is 1.90. The van der Waals surface area contributed by atoms with Gasteiger partial charge in [0, 0.05) is 25.6 Å². The molecule has 0 bridgehead atoms.